The second-order valence-electron chi connectivity index (χ2n) is 2.88. The minimum Gasteiger partial charge on any atom is -0.275 e. The third kappa shape index (κ3) is 1.73. The van der Waals surface area contributed by atoms with Gasteiger partial charge in [-0.3, -0.25) is 4.68 Å². The number of rotatable bonds is 1. The maximum absolute atomic E-state index is 5.78. The average Bonchev–Trinajstić information content (AvgIpc) is 2.53. The van der Waals surface area contributed by atoms with Crippen molar-refractivity contribution in [2.75, 3.05) is 0 Å². The predicted molar refractivity (Wildman–Crippen MR) is 53.7 cm³/mol. The zero-order chi connectivity index (χ0) is 9.26. The summed E-state index contributed by atoms with van der Waals surface area (Å²) in [6, 6.07) is 9.63. The van der Waals surface area contributed by atoms with E-state index in [0.717, 1.165) is 16.3 Å². The molecule has 2 nitrogen and oxygen atoms in total. The van der Waals surface area contributed by atoms with E-state index < -0.39 is 0 Å². The molecule has 0 amide bonds. The van der Waals surface area contributed by atoms with E-state index in [1.165, 1.54) is 0 Å². The van der Waals surface area contributed by atoms with Crippen molar-refractivity contribution in [3.63, 3.8) is 0 Å². The summed E-state index contributed by atoms with van der Waals surface area (Å²) in [7, 11) is 1.90. The second-order valence-corrected chi connectivity index (χ2v) is 3.32. The summed E-state index contributed by atoms with van der Waals surface area (Å²) in [6.07, 6.45) is 1.92. The summed E-state index contributed by atoms with van der Waals surface area (Å²) in [4.78, 5) is 0. The molecular formula is C10H9ClN2. The average molecular weight is 193 g/mol. The minimum atomic E-state index is 0.750. The molecule has 66 valence electrons. The molecule has 0 bridgehead atoms. The molecule has 1 aromatic heterocycles. The van der Waals surface area contributed by atoms with E-state index in [1.807, 2.05) is 43.6 Å². The first-order chi connectivity index (χ1) is 6.25. The second kappa shape index (κ2) is 3.23. The third-order valence-electron chi connectivity index (χ3n) is 1.85. The molecule has 1 heterocycles. The molecule has 2 rings (SSSR count). The molecule has 0 aliphatic rings. The molecule has 0 spiro atoms. The Bertz CT molecular complexity index is 403. The van der Waals surface area contributed by atoms with Crippen LogP contribution in [0.4, 0.5) is 0 Å². The molecule has 0 atom stereocenters. The number of hydrogen-bond acceptors (Lipinski definition) is 1. The summed E-state index contributed by atoms with van der Waals surface area (Å²) in [5.41, 5.74) is 2.06. The first kappa shape index (κ1) is 8.32. The monoisotopic (exact) mass is 192 g/mol. The molecule has 0 aliphatic carbocycles. The van der Waals surface area contributed by atoms with Crippen molar-refractivity contribution in [3.05, 3.63) is 41.6 Å². The lowest BCUT2D eigenvalue weighted by molar-refractivity contribution is 0.771. The zero-order valence-corrected chi connectivity index (χ0v) is 7.99. The summed E-state index contributed by atoms with van der Waals surface area (Å²) >= 11 is 5.78. The summed E-state index contributed by atoms with van der Waals surface area (Å²) in [6.45, 7) is 0. The fourth-order valence-corrected chi connectivity index (χ4v) is 1.32. The lowest BCUT2D eigenvalue weighted by atomic mass is 10.2. The van der Waals surface area contributed by atoms with Gasteiger partial charge in [-0.15, -0.1) is 0 Å². The van der Waals surface area contributed by atoms with Gasteiger partial charge in [0.05, 0.1) is 5.69 Å². The van der Waals surface area contributed by atoms with Crippen molar-refractivity contribution in [2.45, 2.75) is 0 Å². The highest BCUT2D eigenvalue weighted by Gasteiger charge is 1.99. The molecule has 13 heavy (non-hydrogen) atoms. The normalized spacial score (nSPS) is 10.3. The highest BCUT2D eigenvalue weighted by molar-refractivity contribution is 6.30. The Kier molecular flexibility index (Phi) is 2.07. The van der Waals surface area contributed by atoms with Crippen molar-refractivity contribution >= 4 is 11.6 Å². The molecule has 2 aromatic rings. The van der Waals surface area contributed by atoms with E-state index in [-0.39, 0.29) is 0 Å². The fourth-order valence-electron chi connectivity index (χ4n) is 1.19. The zero-order valence-electron chi connectivity index (χ0n) is 7.24. The SMILES string of the molecule is Cn1ccc(-c2ccc(Cl)cc2)n1. The van der Waals surface area contributed by atoms with E-state index >= 15 is 0 Å². The molecule has 0 N–H and O–H groups in total. The van der Waals surface area contributed by atoms with Crippen LogP contribution in [0, 0.1) is 0 Å². The van der Waals surface area contributed by atoms with E-state index in [4.69, 9.17) is 11.6 Å². The first-order valence-corrected chi connectivity index (χ1v) is 4.39. The third-order valence-corrected chi connectivity index (χ3v) is 2.11. The molecule has 3 heteroatoms. The van der Waals surface area contributed by atoms with Gasteiger partial charge in [-0.25, -0.2) is 0 Å². The van der Waals surface area contributed by atoms with Gasteiger partial charge in [0.25, 0.3) is 0 Å². The van der Waals surface area contributed by atoms with Gasteiger partial charge in [-0.1, -0.05) is 23.7 Å². The Labute approximate surface area is 81.8 Å². The number of hydrogen-bond donors (Lipinski definition) is 0. The lowest BCUT2D eigenvalue weighted by Crippen LogP contribution is -1.87. The first-order valence-electron chi connectivity index (χ1n) is 4.01. The van der Waals surface area contributed by atoms with Crippen LogP contribution < -0.4 is 0 Å². The molecule has 0 aliphatic heterocycles. The largest absolute Gasteiger partial charge is 0.275 e. The number of nitrogens with zero attached hydrogens (tertiary/aromatic N) is 2. The van der Waals surface area contributed by atoms with Gasteiger partial charge in [0.15, 0.2) is 0 Å². The van der Waals surface area contributed by atoms with Crippen LogP contribution in [0.2, 0.25) is 5.02 Å². The van der Waals surface area contributed by atoms with Crippen LogP contribution in [-0.4, -0.2) is 9.78 Å². The van der Waals surface area contributed by atoms with Crippen LogP contribution in [0.5, 0.6) is 0 Å². The standard InChI is InChI=1S/C10H9ClN2/c1-13-7-6-10(12-13)8-2-4-9(11)5-3-8/h2-7H,1H3. The van der Waals surface area contributed by atoms with Gasteiger partial charge in [-0.2, -0.15) is 5.10 Å². The lowest BCUT2D eigenvalue weighted by Gasteiger charge is -1.95. The molecule has 0 fully saturated rings. The van der Waals surface area contributed by atoms with Gasteiger partial charge in [-0.05, 0) is 18.2 Å². The molecular weight excluding hydrogens is 184 g/mol. The smallest absolute Gasteiger partial charge is 0.0923 e. The molecule has 0 saturated carbocycles. The Morgan fingerprint density at radius 2 is 1.85 bits per heavy atom. The predicted octanol–water partition coefficient (Wildman–Crippen LogP) is 2.74. The maximum Gasteiger partial charge on any atom is 0.0923 e. The molecule has 0 saturated heterocycles. The molecule has 0 unspecified atom stereocenters. The summed E-state index contributed by atoms with van der Waals surface area (Å²) in [5.74, 6) is 0. The Morgan fingerprint density at radius 3 is 2.38 bits per heavy atom. The van der Waals surface area contributed by atoms with Gasteiger partial charge >= 0.3 is 0 Å². The fraction of sp³-hybridized carbons (Fsp3) is 0.100. The van der Waals surface area contributed by atoms with Crippen molar-refractivity contribution in [3.8, 4) is 11.3 Å². The van der Waals surface area contributed by atoms with E-state index in [2.05, 4.69) is 5.10 Å². The van der Waals surface area contributed by atoms with Crippen molar-refractivity contribution in [1.82, 2.24) is 9.78 Å². The van der Waals surface area contributed by atoms with Crippen LogP contribution >= 0.6 is 11.6 Å². The van der Waals surface area contributed by atoms with Crippen LogP contribution in [0.3, 0.4) is 0 Å². The number of aryl methyl sites for hydroxylation is 1. The van der Waals surface area contributed by atoms with Gasteiger partial charge < -0.3 is 0 Å². The van der Waals surface area contributed by atoms with Crippen molar-refractivity contribution in [1.29, 1.82) is 0 Å². The van der Waals surface area contributed by atoms with Crippen LogP contribution in [-0.2, 0) is 7.05 Å². The quantitative estimate of drug-likeness (QED) is 0.680. The number of benzene rings is 1. The Hall–Kier alpha value is -1.28. The van der Waals surface area contributed by atoms with E-state index in [1.54, 1.807) is 4.68 Å². The van der Waals surface area contributed by atoms with Gasteiger partial charge in [0.2, 0.25) is 0 Å². The van der Waals surface area contributed by atoms with Gasteiger partial charge in [0, 0.05) is 23.8 Å². The topological polar surface area (TPSA) is 17.8 Å². The molecule has 0 radical (unpaired) electrons. The summed E-state index contributed by atoms with van der Waals surface area (Å²) < 4.78 is 1.78. The van der Waals surface area contributed by atoms with E-state index in [9.17, 15) is 0 Å². The minimum absolute atomic E-state index is 0.750. The van der Waals surface area contributed by atoms with Crippen LogP contribution in [0.15, 0.2) is 36.5 Å². The molecule has 1 aromatic carbocycles. The highest BCUT2D eigenvalue weighted by Crippen LogP contribution is 2.18. The number of aromatic nitrogens is 2. The maximum atomic E-state index is 5.78. The van der Waals surface area contributed by atoms with Crippen LogP contribution in [0.1, 0.15) is 0 Å². The van der Waals surface area contributed by atoms with Gasteiger partial charge in [0.1, 0.15) is 0 Å². The summed E-state index contributed by atoms with van der Waals surface area (Å²) in [5, 5.41) is 5.03. The van der Waals surface area contributed by atoms with Crippen molar-refractivity contribution < 1.29 is 0 Å². The van der Waals surface area contributed by atoms with Crippen molar-refractivity contribution in [2.24, 2.45) is 7.05 Å². The van der Waals surface area contributed by atoms with E-state index in [0.29, 0.717) is 0 Å². The van der Waals surface area contributed by atoms with Crippen LogP contribution in [0.25, 0.3) is 11.3 Å². The Morgan fingerprint density at radius 1 is 1.15 bits per heavy atom. The number of halogens is 1. The highest BCUT2D eigenvalue weighted by atomic mass is 35.5. The Balaban J connectivity index is 2.41.